The Labute approximate surface area is 182 Å². The Kier molecular flexibility index (Phi) is 7.45. The fourth-order valence-corrected chi connectivity index (χ4v) is 5.09. The molecule has 2 aromatic heterocycles. The monoisotopic (exact) mass is 449 g/mol. The number of nitrogens with zero attached hydrogens (tertiary/aromatic N) is 4. The molecular weight excluding hydrogens is 426 g/mol. The number of thiazole rings is 1. The number of methoxy groups -OCH3 is 1. The Morgan fingerprint density at radius 1 is 1.31 bits per heavy atom. The van der Waals surface area contributed by atoms with Crippen molar-refractivity contribution in [2.45, 2.75) is 30.9 Å². The number of hydrogen-bond acceptors (Lipinski definition) is 9. The summed E-state index contributed by atoms with van der Waals surface area (Å²) in [4.78, 5) is 18.6. The highest BCUT2D eigenvalue weighted by Gasteiger charge is 2.21. The van der Waals surface area contributed by atoms with Crippen molar-refractivity contribution in [3.05, 3.63) is 35.3 Å². The lowest BCUT2D eigenvalue weighted by Gasteiger charge is -2.20. The Balaban J connectivity index is 1.68. The maximum Gasteiger partial charge on any atom is 0.230 e. The first-order valence-electron chi connectivity index (χ1n) is 9.06. The highest BCUT2D eigenvalue weighted by molar-refractivity contribution is 8.00. The molecule has 29 heavy (non-hydrogen) atoms. The van der Waals surface area contributed by atoms with Crippen LogP contribution < -0.4 is 15.0 Å². The molecule has 0 fully saturated rings. The summed E-state index contributed by atoms with van der Waals surface area (Å²) < 4.78 is 6.29. The van der Waals surface area contributed by atoms with E-state index in [-0.39, 0.29) is 5.91 Å². The predicted octanol–water partition coefficient (Wildman–Crippen LogP) is 5.05. The lowest BCUT2D eigenvalue weighted by atomic mass is 10.2. The molecule has 1 N–H and O–H groups in total. The molecule has 0 unspecified atom stereocenters. The van der Waals surface area contributed by atoms with Gasteiger partial charge in [0.05, 0.1) is 18.5 Å². The number of anilines is 3. The number of aromatic nitrogens is 3. The van der Waals surface area contributed by atoms with E-state index in [9.17, 15) is 4.79 Å². The summed E-state index contributed by atoms with van der Waals surface area (Å²) in [5.41, 5.74) is 1.57. The van der Waals surface area contributed by atoms with E-state index in [1.54, 1.807) is 23.8 Å². The van der Waals surface area contributed by atoms with Gasteiger partial charge in [-0.15, -0.1) is 21.5 Å². The lowest BCUT2D eigenvalue weighted by molar-refractivity contribution is -0.115. The summed E-state index contributed by atoms with van der Waals surface area (Å²) >= 11 is 4.56. The van der Waals surface area contributed by atoms with Crippen molar-refractivity contribution in [1.82, 2.24) is 15.2 Å². The fraction of sp³-hybridized carbons (Fsp3) is 0.368. The molecule has 3 aromatic rings. The van der Waals surface area contributed by atoms with Crippen LogP contribution in [0.4, 0.5) is 16.0 Å². The van der Waals surface area contributed by atoms with Gasteiger partial charge in [0.15, 0.2) is 9.47 Å². The summed E-state index contributed by atoms with van der Waals surface area (Å²) in [5, 5.41) is 15.1. The standard InChI is InChI=1S/C19H23N5O2S3/c1-12(2)9-20-17-22-23-19(29-17)28-11-14-10-27-18(21-14)24(13(3)25)15-7-5-6-8-16(15)26-4/h5-8,10,12H,9,11H2,1-4H3,(H,20,22). The van der Waals surface area contributed by atoms with Crippen LogP contribution in [0.1, 0.15) is 26.5 Å². The number of carbonyl (C=O) groups is 1. The number of para-hydroxylation sites is 2. The van der Waals surface area contributed by atoms with Crippen LogP contribution in [-0.2, 0) is 10.5 Å². The minimum Gasteiger partial charge on any atom is -0.495 e. The summed E-state index contributed by atoms with van der Waals surface area (Å²) in [6.45, 7) is 6.70. The minimum absolute atomic E-state index is 0.118. The normalized spacial score (nSPS) is 10.9. The van der Waals surface area contributed by atoms with Gasteiger partial charge in [-0.1, -0.05) is 49.1 Å². The third-order valence-electron chi connectivity index (χ3n) is 3.78. The molecule has 0 aliphatic carbocycles. The number of amides is 1. The van der Waals surface area contributed by atoms with E-state index < -0.39 is 0 Å². The zero-order chi connectivity index (χ0) is 20.8. The smallest absolute Gasteiger partial charge is 0.230 e. The van der Waals surface area contributed by atoms with Crippen molar-refractivity contribution in [2.24, 2.45) is 5.92 Å². The van der Waals surface area contributed by atoms with E-state index in [2.05, 4.69) is 34.3 Å². The summed E-state index contributed by atoms with van der Waals surface area (Å²) in [7, 11) is 1.59. The van der Waals surface area contributed by atoms with Gasteiger partial charge in [-0.05, 0) is 18.1 Å². The molecule has 1 aromatic carbocycles. The largest absolute Gasteiger partial charge is 0.495 e. The van der Waals surface area contributed by atoms with Gasteiger partial charge in [0.1, 0.15) is 5.75 Å². The van der Waals surface area contributed by atoms with Gasteiger partial charge in [-0.2, -0.15) is 0 Å². The van der Waals surface area contributed by atoms with Crippen LogP contribution in [0.3, 0.4) is 0 Å². The second-order valence-electron chi connectivity index (χ2n) is 6.58. The molecular formula is C19H23N5O2S3. The lowest BCUT2D eigenvalue weighted by Crippen LogP contribution is -2.23. The molecule has 0 aliphatic heterocycles. The number of nitrogens with one attached hydrogen (secondary N) is 1. The second kappa shape index (κ2) is 10.0. The van der Waals surface area contributed by atoms with Crippen LogP contribution in [0.2, 0.25) is 0 Å². The van der Waals surface area contributed by atoms with E-state index in [1.807, 2.05) is 29.6 Å². The molecule has 0 saturated carbocycles. The molecule has 0 radical (unpaired) electrons. The summed E-state index contributed by atoms with van der Waals surface area (Å²) in [5.74, 6) is 1.72. The van der Waals surface area contributed by atoms with Crippen LogP contribution in [0.5, 0.6) is 5.75 Å². The summed E-state index contributed by atoms with van der Waals surface area (Å²) in [6.07, 6.45) is 0. The van der Waals surface area contributed by atoms with E-state index in [0.29, 0.717) is 28.2 Å². The van der Waals surface area contributed by atoms with Crippen LogP contribution in [0.25, 0.3) is 0 Å². The van der Waals surface area contributed by atoms with Crippen molar-refractivity contribution in [1.29, 1.82) is 0 Å². The van der Waals surface area contributed by atoms with Gasteiger partial charge < -0.3 is 10.1 Å². The molecule has 3 rings (SSSR count). The number of thioether (sulfide) groups is 1. The first-order chi connectivity index (χ1) is 14.0. The molecule has 0 aliphatic rings. The Morgan fingerprint density at radius 2 is 2.10 bits per heavy atom. The maximum atomic E-state index is 12.3. The Morgan fingerprint density at radius 3 is 2.83 bits per heavy atom. The van der Waals surface area contributed by atoms with Gasteiger partial charge in [0.25, 0.3) is 0 Å². The van der Waals surface area contributed by atoms with E-state index in [0.717, 1.165) is 21.7 Å². The van der Waals surface area contributed by atoms with Gasteiger partial charge in [0.2, 0.25) is 11.0 Å². The maximum absolute atomic E-state index is 12.3. The van der Waals surface area contributed by atoms with Crippen molar-refractivity contribution in [3.8, 4) is 5.75 Å². The van der Waals surface area contributed by atoms with Crippen LogP contribution in [-0.4, -0.2) is 34.7 Å². The minimum atomic E-state index is -0.118. The van der Waals surface area contributed by atoms with Crippen LogP contribution in [0, 0.1) is 5.92 Å². The third kappa shape index (κ3) is 5.68. The zero-order valence-electron chi connectivity index (χ0n) is 16.7. The molecule has 154 valence electrons. The summed E-state index contributed by atoms with van der Waals surface area (Å²) in [6, 6.07) is 7.43. The second-order valence-corrected chi connectivity index (χ2v) is 9.62. The quantitative estimate of drug-likeness (QED) is 0.458. The van der Waals surface area contributed by atoms with Crippen LogP contribution >= 0.6 is 34.4 Å². The highest BCUT2D eigenvalue weighted by atomic mass is 32.2. The molecule has 7 nitrogen and oxygen atoms in total. The Bertz CT molecular complexity index is 957. The molecule has 0 atom stereocenters. The highest BCUT2D eigenvalue weighted by Crippen LogP contribution is 2.36. The van der Waals surface area contributed by atoms with E-state index in [4.69, 9.17) is 4.74 Å². The fourth-order valence-electron chi connectivity index (χ4n) is 2.45. The number of carbonyl (C=O) groups excluding carboxylic acids is 1. The van der Waals surface area contributed by atoms with Crippen LogP contribution in [0.15, 0.2) is 34.0 Å². The molecule has 0 spiro atoms. The third-order valence-corrected chi connectivity index (χ3v) is 6.71. The number of benzene rings is 1. The molecule has 0 bridgehead atoms. The number of ether oxygens (including phenoxy) is 1. The van der Waals surface area contributed by atoms with Gasteiger partial charge in [-0.3, -0.25) is 9.69 Å². The first kappa shape index (κ1) is 21.5. The molecule has 1 amide bonds. The average molecular weight is 450 g/mol. The first-order valence-corrected chi connectivity index (χ1v) is 11.7. The number of rotatable bonds is 9. The SMILES string of the molecule is COc1ccccc1N(C(C)=O)c1nc(CSc2nnc(NCC(C)C)s2)cs1. The average Bonchev–Trinajstić information content (AvgIpc) is 3.34. The Hall–Kier alpha value is -2.17. The molecule has 10 heteroatoms. The number of hydrogen-bond donors (Lipinski definition) is 1. The van der Waals surface area contributed by atoms with E-state index in [1.165, 1.54) is 29.6 Å². The van der Waals surface area contributed by atoms with Crippen molar-refractivity contribution in [2.75, 3.05) is 23.9 Å². The topological polar surface area (TPSA) is 80.2 Å². The van der Waals surface area contributed by atoms with Crippen molar-refractivity contribution in [3.63, 3.8) is 0 Å². The zero-order valence-corrected chi connectivity index (χ0v) is 19.2. The predicted molar refractivity (Wildman–Crippen MR) is 121 cm³/mol. The van der Waals surface area contributed by atoms with Gasteiger partial charge >= 0.3 is 0 Å². The van der Waals surface area contributed by atoms with Gasteiger partial charge in [-0.25, -0.2) is 4.98 Å². The van der Waals surface area contributed by atoms with E-state index >= 15 is 0 Å². The molecule has 2 heterocycles. The molecule has 0 saturated heterocycles. The van der Waals surface area contributed by atoms with Gasteiger partial charge in [0, 0.05) is 24.6 Å². The van der Waals surface area contributed by atoms with Crippen molar-refractivity contribution >= 4 is 56.3 Å². The van der Waals surface area contributed by atoms with Crippen molar-refractivity contribution < 1.29 is 9.53 Å².